The Bertz CT molecular complexity index is 1340. The SMILES string of the molecule is C[C@@H]1CO[C@@H](CN(C)C)CN1c1ccc2nc(-c3c(N)c4ccccc4[nH]c3=O)[nH]c2c1. The number of para-hydroxylation sites is 1. The number of benzene rings is 2. The van der Waals surface area contributed by atoms with E-state index in [1.54, 1.807) is 0 Å². The molecule has 1 aliphatic heterocycles. The number of nitrogens with two attached hydrogens (primary N) is 1. The van der Waals surface area contributed by atoms with Gasteiger partial charge < -0.3 is 30.2 Å². The third kappa shape index (κ3) is 3.61. The highest BCUT2D eigenvalue weighted by Crippen LogP contribution is 2.30. The summed E-state index contributed by atoms with van der Waals surface area (Å²) in [4.78, 5) is 28.2. The maximum Gasteiger partial charge on any atom is 0.261 e. The smallest absolute Gasteiger partial charge is 0.261 e. The molecule has 1 aliphatic rings. The summed E-state index contributed by atoms with van der Waals surface area (Å²) in [5.41, 5.74) is 10.4. The molecule has 8 heteroatoms. The van der Waals surface area contributed by atoms with Crippen LogP contribution in [0.5, 0.6) is 0 Å². The third-order valence-corrected chi connectivity index (χ3v) is 6.07. The van der Waals surface area contributed by atoms with Gasteiger partial charge in [0.15, 0.2) is 0 Å². The molecule has 0 bridgehead atoms. The summed E-state index contributed by atoms with van der Waals surface area (Å²) in [6.45, 7) is 4.56. The number of aromatic amines is 2. The summed E-state index contributed by atoms with van der Waals surface area (Å²) < 4.78 is 6.01. The molecule has 4 N–H and O–H groups in total. The summed E-state index contributed by atoms with van der Waals surface area (Å²) in [6.07, 6.45) is 0.158. The molecule has 0 amide bonds. The van der Waals surface area contributed by atoms with Crippen LogP contribution in [0, 0.1) is 0 Å². The lowest BCUT2D eigenvalue weighted by molar-refractivity contribution is 0.00880. The van der Waals surface area contributed by atoms with E-state index in [1.807, 2.05) is 30.3 Å². The van der Waals surface area contributed by atoms with E-state index in [0.29, 0.717) is 29.2 Å². The van der Waals surface area contributed by atoms with Crippen LogP contribution >= 0.6 is 0 Å². The van der Waals surface area contributed by atoms with Gasteiger partial charge in [-0.25, -0.2) is 4.98 Å². The number of nitrogens with zero attached hydrogens (tertiary/aromatic N) is 3. The largest absolute Gasteiger partial charge is 0.397 e. The van der Waals surface area contributed by atoms with Crippen LogP contribution < -0.4 is 16.2 Å². The molecule has 2 atom stereocenters. The summed E-state index contributed by atoms with van der Waals surface area (Å²) in [6, 6.07) is 13.9. The number of likely N-dealkylation sites (N-methyl/N-ethyl adjacent to an activating group) is 1. The van der Waals surface area contributed by atoms with Gasteiger partial charge in [0.1, 0.15) is 11.4 Å². The standard InChI is InChI=1S/C24H28N6O2/c1-14-13-32-16(11-29(2)3)12-30(14)15-8-9-19-20(10-15)27-23(26-19)21-22(25)17-6-4-5-7-18(17)28-24(21)31/h4-10,14,16H,11-13H2,1-3H3,(H,26,27)(H3,25,28,31)/t14-,16+/m1/s1. The number of morpholine rings is 1. The first-order valence-electron chi connectivity index (χ1n) is 10.8. The lowest BCUT2D eigenvalue weighted by Gasteiger charge is -2.40. The van der Waals surface area contributed by atoms with Gasteiger partial charge >= 0.3 is 0 Å². The molecule has 2 aromatic carbocycles. The lowest BCUT2D eigenvalue weighted by Crippen LogP contribution is -2.51. The maximum atomic E-state index is 12.8. The van der Waals surface area contributed by atoms with Crippen molar-refractivity contribution in [2.45, 2.75) is 19.1 Å². The number of fused-ring (bicyclic) bond motifs is 2. The fraction of sp³-hybridized carbons (Fsp3) is 0.333. The van der Waals surface area contributed by atoms with Crippen molar-refractivity contribution in [3.63, 3.8) is 0 Å². The first kappa shape index (κ1) is 20.5. The first-order chi connectivity index (χ1) is 15.4. The number of hydrogen-bond donors (Lipinski definition) is 3. The van der Waals surface area contributed by atoms with Crippen molar-refractivity contribution in [2.75, 3.05) is 44.4 Å². The number of pyridine rings is 1. The molecule has 3 heterocycles. The lowest BCUT2D eigenvalue weighted by atomic mass is 10.1. The number of rotatable bonds is 4. The number of hydrogen-bond acceptors (Lipinski definition) is 6. The van der Waals surface area contributed by atoms with Crippen molar-refractivity contribution < 1.29 is 4.74 Å². The fourth-order valence-electron chi connectivity index (χ4n) is 4.49. The van der Waals surface area contributed by atoms with Crippen LogP contribution in [0.2, 0.25) is 0 Å². The Kier molecular flexibility index (Phi) is 5.11. The predicted octanol–water partition coefficient (Wildman–Crippen LogP) is 2.81. The second-order valence-corrected chi connectivity index (χ2v) is 8.79. The minimum Gasteiger partial charge on any atom is -0.397 e. The van der Waals surface area contributed by atoms with Crippen molar-refractivity contribution >= 4 is 33.3 Å². The van der Waals surface area contributed by atoms with E-state index in [4.69, 9.17) is 10.5 Å². The topological polar surface area (TPSA) is 103 Å². The van der Waals surface area contributed by atoms with Crippen LogP contribution in [0.4, 0.5) is 11.4 Å². The van der Waals surface area contributed by atoms with Gasteiger partial charge in [-0.2, -0.15) is 0 Å². The van der Waals surface area contributed by atoms with Gasteiger partial charge in [-0.05, 0) is 45.3 Å². The Morgan fingerprint density at radius 3 is 2.81 bits per heavy atom. The average Bonchev–Trinajstić information content (AvgIpc) is 3.17. The highest BCUT2D eigenvalue weighted by molar-refractivity contribution is 5.97. The summed E-state index contributed by atoms with van der Waals surface area (Å²) in [5, 5.41) is 0.803. The third-order valence-electron chi connectivity index (χ3n) is 6.07. The number of imidazole rings is 1. The molecule has 0 saturated carbocycles. The number of H-pyrrole nitrogens is 2. The van der Waals surface area contributed by atoms with Crippen molar-refractivity contribution in [1.82, 2.24) is 19.9 Å². The van der Waals surface area contributed by atoms with E-state index < -0.39 is 0 Å². The van der Waals surface area contributed by atoms with Crippen molar-refractivity contribution in [3.05, 3.63) is 52.8 Å². The molecule has 0 spiro atoms. The Balaban J connectivity index is 1.53. The van der Waals surface area contributed by atoms with Gasteiger partial charge in [-0.1, -0.05) is 18.2 Å². The van der Waals surface area contributed by atoms with Crippen LogP contribution in [0.25, 0.3) is 33.3 Å². The molecule has 4 aromatic rings. The number of nitrogens with one attached hydrogen (secondary N) is 2. The van der Waals surface area contributed by atoms with E-state index in [1.165, 1.54) is 0 Å². The first-order valence-corrected chi connectivity index (χ1v) is 10.8. The van der Waals surface area contributed by atoms with Gasteiger partial charge in [-0.3, -0.25) is 4.79 Å². The predicted molar refractivity (Wildman–Crippen MR) is 129 cm³/mol. The number of ether oxygens (including phenoxy) is 1. The maximum absolute atomic E-state index is 12.8. The zero-order valence-electron chi connectivity index (χ0n) is 18.6. The van der Waals surface area contributed by atoms with Crippen LogP contribution in [-0.2, 0) is 4.74 Å². The number of anilines is 2. The molecule has 8 nitrogen and oxygen atoms in total. The Hall–Kier alpha value is -3.36. The minimum absolute atomic E-state index is 0.158. The Morgan fingerprint density at radius 1 is 1.19 bits per heavy atom. The molecule has 5 rings (SSSR count). The monoisotopic (exact) mass is 432 g/mol. The highest BCUT2D eigenvalue weighted by atomic mass is 16.5. The van der Waals surface area contributed by atoms with Crippen LogP contribution in [0.3, 0.4) is 0 Å². The zero-order valence-corrected chi connectivity index (χ0v) is 18.6. The second kappa shape index (κ2) is 7.96. The molecule has 0 unspecified atom stereocenters. The molecule has 2 aromatic heterocycles. The van der Waals surface area contributed by atoms with Crippen LogP contribution in [0.1, 0.15) is 6.92 Å². The molecule has 32 heavy (non-hydrogen) atoms. The molecular formula is C24H28N6O2. The fourth-order valence-corrected chi connectivity index (χ4v) is 4.49. The van der Waals surface area contributed by atoms with E-state index in [0.717, 1.165) is 35.2 Å². The highest BCUT2D eigenvalue weighted by Gasteiger charge is 2.27. The second-order valence-electron chi connectivity index (χ2n) is 8.79. The molecular weight excluding hydrogens is 404 g/mol. The van der Waals surface area contributed by atoms with E-state index >= 15 is 0 Å². The van der Waals surface area contributed by atoms with Gasteiger partial charge in [0.2, 0.25) is 0 Å². The van der Waals surface area contributed by atoms with E-state index in [2.05, 4.69) is 57.9 Å². The zero-order chi connectivity index (χ0) is 22.4. The van der Waals surface area contributed by atoms with Gasteiger partial charge in [0, 0.05) is 30.2 Å². The van der Waals surface area contributed by atoms with Crippen LogP contribution in [-0.4, -0.2) is 65.8 Å². The Morgan fingerprint density at radius 2 is 2.00 bits per heavy atom. The van der Waals surface area contributed by atoms with Gasteiger partial charge in [0.25, 0.3) is 5.56 Å². The molecule has 1 fully saturated rings. The summed E-state index contributed by atoms with van der Waals surface area (Å²) in [7, 11) is 4.12. The van der Waals surface area contributed by atoms with Crippen molar-refractivity contribution in [3.8, 4) is 11.4 Å². The quantitative estimate of drug-likeness (QED) is 0.458. The normalized spacial score (nSPS) is 19.3. The van der Waals surface area contributed by atoms with Gasteiger partial charge in [0.05, 0.1) is 34.9 Å². The molecule has 1 saturated heterocycles. The molecule has 166 valence electrons. The summed E-state index contributed by atoms with van der Waals surface area (Å²) >= 11 is 0. The molecule has 0 radical (unpaired) electrons. The van der Waals surface area contributed by atoms with Gasteiger partial charge in [-0.15, -0.1) is 0 Å². The number of aromatic nitrogens is 3. The minimum atomic E-state index is -0.256. The van der Waals surface area contributed by atoms with E-state index in [9.17, 15) is 4.79 Å². The van der Waals surface area contributed by atoms with Crippen molar-refractivity contribution in [1.29, 1.82) is 0 Å². The average molecular weight is 433 g/mol. The Labute approximate surface area is 186 Å². The van der Waals surface area contributed by atoms with Crippen LogP contribution in [0.15, 0.2) is 47.3 Å². The van der Waals surface area contributed by atoms with E-state index in [-0.39, 0.29) is 17.7 Å². The summed E-state index contributed by atoms with van der Waals surface area (Å²) in [5.74, 6) is 0.474. The van der Waals surface area contributed by atoms with Crippen molar-refractivity contribution in [2.24, 2.45) is 0 Å². The molecule has 0 aliphatic carbocycles. The number of nitrogen functional groups attached to an aromatic ring is 1.